The van der Waals surface area contributed by atoms with Crippen LogP contribution in [-0.2, 0) is 9.59 Å². The second kappa shape index (κ2) is 4.70. The Morgan fingerprint density at radius 3 is 2.36 bits per heavy atom. The molecule has 4 rings (SSSR count). The van der Waals surface area contributed by atoms with Gasteiger partial charge < -0.3 is 5.32 Å². The van der Waals surface area contributed by atoms with Crippen molar-refractivity contribution >= 4 is 17.5 Å². The van der Waals surface area contributed by atoms with Gasteiger partial charge in [0.15, 0.2) is 0 Å². The smallest absolute Gasteiger partial charge is 0.235 e. The first-order valence-electron chi connectivity index (χ1n) is 7.91. The molecule has 1 saturated carbocycles. The van der Waals surface area contributed by atoms with E-state index in [2.05, 4.69) is 23.5 Å². The highest BCUT2D eigenvalue weighted by atomic mass is 16.2. The van der Waals surface area contributed by atoms with Crippen LogP contribution in [0.15, 0.2) is 30.4 Å². The van der Waals surface area contributed by atoms with Gasteiger partial charge >= 0.3 is 0 Å². The number of rotatable bonds is 3. The third-order valence-corrected chi connectivity index (χ3v) is 5.38. The lowest BCUT2D eigenvalue weighted by molar-refractivity contribution is -0.140. The summed E-state index contributed by atoms with van der Waals surface area (Å²) in [5.74, 6) is 0.342. The molecular formula is C18H20N2O2. The molecule has 1 aliphatic heterocycles. The summed E-state index contributed by atoms with van der Waals surface area (Å²) in [5.41, 5.74) is 3.26. The number of carbonyl (C=O) groups excluding carboxylic acids is 2. The van der Waals surface area contributed by atoms with Crippen LogP contribution in [0.3, 0.4) is 0 Å². The highest BCUT2D eigenvalue weighted by Gasteiger charge is 2.59. The highest BCUT2D eigenvalue weighted by molar-refractivity contribution is 6.06. The van der Waals surface area contributed by atoms with Gasteiger partial charge in [-0.2, -0.15) is 0 Å². The number of nitrogens with one attached hydrogen (secondary N) is 1. The molecule has 22 heavy (non-hydrogen) atoms. The van der Waals surface area contributed by atoms with Gasteiger partial charge in [-0.15, -0.1) is 0 Å². The monoisotopic (exact) mass is 296 g/mol. The number of fused-ring (bicyclic) bond motifs is 5. The van der Waals surface area contributed by atoms with Crippen molar-refractivity contribution in [2.75, 3.05) is 12.0 Å². The lowest BCUT2D eigenvalue weighted by Crippen LogP contribution is -2.37. The SMILES string of the molecule is Cc1ccc(C)c(NCN2C(=O)[C@@H]3[C@@H](C2=O)[C@H]2C=C[C@@H]3C2)c1. The molecule has 1 N–H and O–H groups in total. The Kier molecular flexibility index (Phi) is 2.90. The second-order valence-corrected chi connectivity index (χ2v) is 6.76. The molecule has 1 saturated heterocycles. The van der Waals surface area contributed by atoms with E-state index in [1.165, 1.54) is 4.90 Å². The third-order valence-electron chi connectivity index (χ3n) is 5.38. The first kappa shape index (κ1) is 13.6. The summed E-state index contributed by atoms with van der Waals surface area (Å²) in [6.45, 7) is 4.33. The van der Waals surface area contributed by atoms with Crippen molar-refractivity contribution in [1.29, 1.82) is 0 Å². The zero-order chi connectivity index (χ0) is 15.4. The van der Waals surface area contributed by atoms with Crippen molar-refractivity contribution in [3.8, 4) is 0 Å². The van der Waals surface area contributed by atoms with Gasteiger partial charge in [-0.05, 0) is 49.3 Å². The summed E-state index contributed by atoms with van der Waals surface area (Å²) in [7, 11) is 0. The zero-order valence-corrected chi connectivity index (χ0v) is 12.9. The maximum absolute atomic E-state index is 12.6. The molecule has 2 bridgehead atoms. The number of aryl methyl sites for hydroxylation is 2. The molecule has 2 amide bonds. The quantitative estimate of drug-likeness (QED) is 0.688. The minimum absolute atomic E-state index is 0.00431. The maximum Gasteiger partial charge on any atom is 0.235 e. The van der Waals surface area contributed by atoms with Crippen LogP contribution < -0.4 is 5.32 Å². The van der Waals surface area contributed by atoms with Crippen LogP contribution in [0, 0.1) is 37.5 Å². The molecule has 4 nitrogen and oxygen atoms in total. The summed E-state index contributed by atoms with van der Waals surface area (Å²) in [6.07, 6.45) is 5.22. The van der Waals surface area contributed by atoms with Crippen LogP contribution in [0.2, 0.25) is 0 Å². The number of anilines is 1. The molecule has 1 heterocycles. The number of likely N-dealkylation sites (tertiary alicyclic amines) is 1. The highest BCUT2D eigenvalue weighted by Crippen LogP contribution is 2.52. The van der Waals surface area contributed by atoms with E-state index in [4.69, 9.17) is 0 Å². The average molecular weight is 296 g/mol. The fourth-order valence-corrected chi connectivity index (χ4v) is 4.21. The van der Waals surface area contributed by atoms with Crippen LogP contribution in [0.5, 0.6) is 0 Å². The molecule has 4 heteroatoms. The Morgan fingerprint density at radius 2 is 1.73 bits per heavy atom. The number of hydrogen-bond acceptors (Lipinski definition) is 3. The molecular weight excluding hydrogens is 276 g/mol. The summed E-state index contributed by atoms with van der Waals surface area (Å²) >= 11 is 0. The van der Waals surface area contributed by atoms with Gasteiger partial charge in [-0.1, -0.05) is 24.3 Å². The molecule has 114 valence electrons. The molecule has 0 radical (unpaired) electrons. The number of amides is 2. The van der Waals surface area contributed by atoms with Crippen LogP contribution in [0.1, 0.15) is 17.5 Å². The number of hydrogen-bond donors (Lipinski definition) is 1. The number of imide groups is 1. The van der Waals surface area contributed by atoms with Gasteiger partial charge in [0.25, 0.3) is 0 Å². The van der Waals surface area contributed by atoms with E-state index in [1.807, 2.05) is 26.0 Å². The predicted octanol–water partition coefficient (Wildman–Crippen LogP) is 2.48. The van der Waals surface area contributed by atoms with Gasteiger partial charge in [0.1, 0.15) is 0 Å². The minimum atomic E-state index is -0.108. The van der Waals surface area contributed by atoms with E-state index in [0.717, 1.165) is 23.2 Å². The van der Waals surface area contributed by atoms with Crippen molar-refractivity contribution in [2.45, 2.75) is 20.3 Å². The first-order chi connectivity index (χ1) is 10.6. The number of nitrogens with zero attached hydrogens (tertiary/aromatic N) is 1. The van der Waals surface area contributed by atoms with Crippen molar-refractivity contribution in [1.82, 2.24) is 4.90 Å². The summed E-state index contributed by atoms with van der Waals surface area (Å²) in [6, 6.07) is 6.15. The number of benzene rings is 1. The van der Waals surface area contributed by atoms with Crippen LogP contribution in [-0.4, -0.2) is 23.4 Å². The summed E-state index contributed by atoms with van der Waals surface area (Å²) < 4.78 is 0. The molecule has 0 spiro atoms. The molecule has 4 atom stereocenters. The largest absolute Gasteiger partial charge is 0.367 e. The van der Waals surface area contributed by atoms with E-state index in [-0.39, 0.29) is 42.2 Å². The summed E-state index contributed by atoms with van der Waals surface area (Å²) in [4.78, 5) is 26.6. The number of carbonyl (C=O) groups is 2. The molecule has 3 aliphatic rings. The fraction of sp³-hybridized carbons (Fsp3) is 0.444. The molecule has 2 fully saturated rings. The number of allylic oxidation sites excluding steroid dienone is 2. The molecule has 0 aromatic heterocycles. The van der Waals surface area contributed by atoms with Crippen molar-refractivity contribution in [2.24, 2.45) is 23.7 Å². The Bertz CT molecular complexity index is 664. The van der Waals surface area contributed by atoms with E-state index in [9.17, 15) is 9.59 Å². The molecule has 1 aromatic rings. The van der Waals surface area contributed by atoms with Crippen molar-refractivity contribution in [3.05, 3.63) is 41.5 Å². The standard InChI is InChI=1S/C18H20N2O2/c1-10-3-4-11(2)14(7-10)19-9-20-17(21)15-12-5-6-13(8-12)16(15)18(20)22/h3-7,12-13,15-16,19H,8-9H2,1-2H3/t12-,13+,15-,16-/m0/s1. The molecule has 0 unspecified atom stereocenters. The van der Waals surface area contributed by atoms with Crippen molar-refractivity contribution in [3.63, 3.8) is 0 Å². The van der Waals surface area contributed by atoms with E-state index in [1.54, 1.807) is 0 Å². The van der Waals surface area contributed by atoms with Gasteiger partial charge in [-0.25, -0.2) is 0 Å². The van der Waals surface area contributed by atoms with Crippen molar-refractivity contribution < 1.29 is 9.59 Å². The predicted molar refractivity (Wildman–Crippen MR) is 84.0 cm³/mol. The zero-order valence-electron chi connectivity index (χ0n) is 12.9. The Hall–Kier alpha value is -2.10. The van der Waals surface area contributed by atoms with Crippen LogP contribution >= 0.6 is 0 Å². The second-order valence-electron chi connectivity index (χ2n) is 6.76. The Morgan fingerprint density at radius 1 is 1.09 bits per heavy atom. The molecule has 2 aliphatic carbocycles. The van der Waals surface area contributed by atoms with Crippen LogP contribution in [0.4, 0.5) is 5.69 Å². The Labute approximate surface area is 130 Å². The van der Waals surface area contributed by atoms with Gasteiger partial charge in [0, 0.05) is 5.69 Å². The lowest BCUT2D eigenvalue weighted by atomic mass is 9.85. The normalized spacial score (nSPS) is 32.0. The average Bonchev–Trinajstić information content (AvgIpc) is 3.16. The summed E-state index contributed by atoms with van der Waals surface area (Å²) in [5, 5.41) is 3.26. The van der Waals surface area contributed by atoms with Crippen LogP contribution in [0.25, 0.3) is 0 Å². The van der Waals surface area contributed by atoms with Gasteiger partial charge in [-0.3, -0.25) is 14.5 Å². The fourth-order valence-electron chi connectivity index (χ4n) is 4.21. The van der Waals surface area contributed by atoms with E-state index >= 15 is 0 Å². The minimum Gasteiger partial charge on any atom is -0.367 e. The Balaban J connectivity index is 1.51. The van der Waals surface area contributed by atoms with E-state index < -0.39 is 0 Å². The molecule has 1 aromatic carbocycles. The topological polar surface area (TPSA) is 49.4 Å². The van der Waals surface area contributed by atoms with Gasteiger partial charge in [0.2, 0.25) is 11.8 Å². The maximum atomic E-state index is 12.6. The van der Waals surface area contributed by atoms with Gasteiger partial charge in [0.05, 0.1) is 18.5 Å². The van der Waals surface area contributed by atoms with E-state index in [0.29, 0.717) is 0 Å². The lowest BCUT2D eigenvalue weighted by Gasteiger charge is -2.19. The third kappa shape index (κ3) is 1.83. The first-order valence-corrected chi connectivity index (χ1v) is 7.91.